The largest absolute Gasteiger partial charge is 0.494 e. The Labute approximate surface area is 115 Å². The number of halogens is 1. The SMILES string of the molecule is COc1ccc(S(=O)(=O)N2CCC[C@H]2C(=O)O)cc1F. The Balaban J connectivity index is 2.40. The molecule has 0 amide bonds. The van der Waals surface area contributed by atoms with Crippen LogP contribution >= 0.6 is 0 Å². The van der Waals surface area contributed by atoms with Crippen molar-refractivity contribution in [1.82, 2.24) is 4.31 Å². The smallest absolute Gasteiger partial charge is 0.322 e. The first-order valence-electron chi connectivity index (χ1n) is 5.96. The van der Waals surface area contributed by atoms with E-state index in [4.69, 9.17) is 9.84 Å². The molecular formula is C12H14FNO5S. The topological polar surface area (TPSA) is 83.9 Å². The summed E-state index contributed by atoms with van der Waals surface area (Å²) < 4.78 is 43.9. The first-order chi connectivity index (χ1) is 9.37. The lowest BCUT2D eigenvalue weighted by Crippen LogP contribution is -2.40. The van der Waals surface area contributed by atoms with E-state index in [2.05, 4.69) is 0 Å². The fourth-order valence-corrected chi connectivity index (χ4v) is 3.88. The molecule has 2 rings (SSSR count). The molecule has 1 aliphatic heterocycles. The van der Waals surface area contributed by atoms with E-state index in [1.165, 1.54) is 19.2 Å². The molecule has 8 heteroatoms. The van der Waals surface area contributed by atoms with Crippen LogP contribution in [0.5, 0.6) is 5.75 Å². The highest BCUT2D eigenvalue weighted by Gasteiger charge is 2.39. The molecule has 1 fully saturated rings. The standard InChI is InChI=1S/C12H14FNO5S/c1-19-11-5-4-8(7-9(11)13)20(17,18)14-6-2-3-10(14)12(15)16/h4-5,7,10H,2-3,6H2,1H3,(H,15,16)/t10-/m0/s1. The van der Waals surface area contributed by atoms with Crippen LogP contribution in [0, 0.1) is 5.82 Å². The third kappa shape index (κ3) is 2.48. The van der Waals surface area contributed by atoms with Gasteiger partial charge in [0, 0.05) is 6.54 Å². The summed E-state index contributed by atoms with van der Waals surface area (Å²) in [5, 5.41) is 9.03. The molecule has 20 heavy (non-hydrogen) atoms. The number of sulfonamides is 1. The Morgan fingerprint density at radius 3 is 2.75 bits per heavy atom. The second kappa shape index (κ2) is 5.37. The summed E-state index contributed by atoms with van der Waals surface area (Å²) in [5.74, 6) is -2.07. The summed E-state index contributed by atoms with van der Waals surface area (Å²) in [4.78, 5) is 10.8. The molecule has 6 nitrogen and oxygen atoms in total. The van der Waals surface area contributed by atoms with Crippen LogP contribution < -0.4 is 4.74 Å². The molecule has 0 radical (unpaired) electrons. The molecule has 1 aliphatic rings. The molecule has 0 spiro atoms. The first kappa shape index (κ1) is 14.7. The van der Waals surface area contributed by atoms with Gasteiger partial charge in [-0.15, -0.1) is 0 Å². The Morgan fingerprint density at radius 2 is 2.20 bits per heavy atom. The van der Waals surface area contributed by atoms with Gasteiger partial charge in [0.15, 0.2) is 11.6 Å². The second-order valence-corrected chi connectivity index (χ2v) is 6.30. The monoisotopic (exact) mass is 303 g/mol. The minimum atomic E-state index is -4.02. The number of benzene rings is 1. The van der Waals surface area contributed by atoms with Crippen molar-refractivity contribution in [2.75, 3.05) is 13.7 Å². The van der Waals surface area contributed by atoms with E-state index < -0.39 is 27.9 Å². The second-order valence-electron chi connectivity index (χ2n) is 4.41. The quantitative estimate of drug-likeness (QED) is 0.899. The van der Waals surface area contributed by atoms with Crippen LogP contribution in [0.15, 0.2) is 23.1 Å². The molecule has 1 aromatic rings. The summed E-state index contributed by atoms with van der Waals surface area (Å²) in [6.07, 6.45) is 0.724. The average molecular weight is 303 g/mol. The predicted molar refractivity (Wildman–Crippen MR) is 67.5 cm³/mol. The highest BCUT2D eigenvalue weighted by Crippen LogP contribution is 2.28. The van der Waals surface area contributed by atoms with Crippen molar-refractivity contribution in [3.63, 3.8) is 0 Å². The van der Waals surface area contributed by atoms with Crippen molar-refractivity contribution in [1.29, 1.82) is 0 Å². The highest BCUT2D eigenvalue weighted by molar-refractivity contribution is 7.89. The minimum Gasteiger partial charge on any atom is -0.494 e. The lowest BCUT2D eigenvalue weighted by atomic mass is 10.2. The van der Waals surface area contributed by atoms with Crippen LogP contribution in [0.4, 0.5) is 4.39 Å². The molecule has 0 saturated carbocycles. The normalized spacial score (nSPS) is 20.0. The van der Waals surface area contributed by atoms with E-state index in [9.17, 15) is 17.6 Å². The van der Waals surface area contributed by atoms with Crippen molar-refractivity contribution in [3.05, 3.63) is 24.0 Å². The number of ether oxygens (including phenoxy) is 1. The molecule has 0 aromatic heterocycles. The molecule has 0 bridgehead atoms. The van der Waals surface area contributed by atoms with Gasteiger partial charge in [-0.2, -0.15) is 4.31 Å². The van der Waals surface area contributed by atoms with E-state index in [0.717, 1.165) is 10.4 Å². The van der Waals surface area contributed by atoms with Gasteiger partial charge < -0.3 is 9.84 Å². The maximum Gasteiger partial charge on any atom is 0.322 e. The van der Waals surface area contributed by atoms with Crippen molar-refractivity contribution in [3.8, 4) is 5.75 Å². The van der Waals surface area contributed by atoms with E-state index in [-0.39, 0.29) is 23.6 Å². The van der Waals surface area contributed by atoms with Gasteiger partial charge >= 0.3 is 5.97 Å². The fraction of sp³-hybridized carbons (Fsp3) is 0.417. The molecule has 110 valence electrons. The third-order valence-electron chi connectivity index (χ3n) is 3.22. The van der Waals surface area contributed by atoms with Crippen LogP contribution in [-0.2, 0) is 14.8 Å². The van der Waals surface area contributed by atoms with Crippen molar-refractivity contribution in [2.24, 2.45) is 0 Å². The zero-order valence-corrected chi connectivity index (χ0v) is 11.6. The maximum absolute atomic E-state index is 13.6. The van der Waals surface area contributed by atoms with Gasteiger partial charge in [0.2, 0.25) is 10.0 Å². The molecule has 1 heterocycles. The number of methoxy groups -OCH3 is 1. The first-order valence-corrected chi connectivity index (χ1v) is 7.40. The van der Waals surface area contributed by atoms with Crippen LogP contribution in [0.25, 0.3) is 0 Å². The lowest BCUT2D eigenvalue weighted by molar-refractivity contribution is -0.140. The summed E-state index contributed by atoms with van der Waals surface area (Å²) in [6, 6.07) is 2.15. The Hall–Kier alpha value is -1.67. The number of nitrogens with zero attached hydrogens (tertiary/aromatic N) is 1. The van der Waals surface area contributed by atoms with Crippen molar-refractivity contribution < 1.29 is 27.4 Å². The van der Waals surface area contributed by atoms with Gasteiger partial charge in [0.25, 0.3) is 0 Å². The number of aliphatic carboxylic acids is 1. The van der Waals surface area contributed by atoms with Crippen LogP contribution in [-0.4, -0.2) is 43.5 Å². The van der Waals surface area contributed by atoms with E-state index in [1.807, 2.05) is 0 Å². The predicted octanol–water partition coefficient (Wildman–Crippen LogP) is 1.07. The van der Waals surface area contributed by atoms with Gasteiger partial charge in [0.1, 0.15) is 6.04 Å². The molecule has 0 unspecified atom stereocenters. The molecule has 1 saturated heterocycles. The third-order valence-corrected chi connectivity index (χ3v) is 5.12. The van der Waals surface area contributed by atoms with E-state index in [0.29, 0.717) is 6.42 Å². The van der Waals surface area contributed by atoms with Crippen LogP contribution in [0.3, 0.4) is 0 Å². The number of carboxylic acids is 1. The van der Waals surface area contributed by atoms with Crippen LogP contribution in [0.2, 0.25) is 0 Å². The average Bonchev–Trinajstić information content (AvgIpc) is 2.88. The molecule has 1 aromatic carbocycles. The van der Waals surface area contributed by atoms with E-state index >= 15 is 0 Å². The van der Waals surface area contributed by atoms with E-state index in [1.54, 1.807) is 0 Å². The number of carbonyl (C=O) groups is 1. The van der Waals surface area contributed by atoms with Crippen molar-refractivity contribution in [2.45, 2.75) is 23.8 Å². The number of hydrogen-bond donors (Lipinski definition) is 1. The summed E-state index contributed by atoms with van der Waals surface area (Å²) in [6.45, 7) is 0.118. The lowest BCUT2D eigenvalue weighted by Gasteiger charge is -2.21. The summed E-state index contributed by atoms with van der Waals surface area (Å²) >= 11 is 0. The Morgan fingerprint density at radius 1 is 1.50 bits per heavy atom. The number of hydrogen-bond acceptors (Lipinski definition) is 4. The zero-order chi connectivity index (χ0) is 14.9. The van der Waals surface area contributed by atoms with Gasteiger partial charge in [-0.05, 0) is 31.0 Å². The van der Waals surface area contributed by atoms with Gasteiger partial charge in [0.05, 0.1) is 12.0 Å². The Bertz CT molecular complexity index is 631. The Kier molecular flexibility index (Phi) is 3.96. The number of carboxylic acid groups (broad SMARTS) is 1. The molecular weight excluding hydrogens is 289 g/mol. The van der Waals surface area contributed by atoms with Crippen LogP contribution in [0.1, 0.15) is 12.8 Å². The van der Waals surface area contributed by atoms with Gasteiger partial charge in [-0.3, -0.25) is 4.79 Å². The summed E-state index contributed by atoms with van der Waals surface area (Å²) in [7, 11) is -2.75. The number of rotatable bonds is 4. The van der Waals surface area contributed by atoms with Crippen molar-refractivity contribution >= 4 is 16.0 Å². The zero-order valence-electron chi connectivity index (χ0n) is 10.7. The fourth-order valence-electron chi connectivity index (χ4n) is 2.22. The van der Waals surface area contributed by atoms with Gasteiger partial charge in [-0.25, -0.2) is 12.8 Å². The van der Waals surface area contributed by atoms with Gasteiger partial charge in [-0.1, -0.05) is 0 Å². The molecule has 0 aliphatic carbocycles. The maximum atomic E-state index is 13.6. The summed E-state index contributed by atoms with van der Waals surface area (Å²) in [5.41, 5.74) is 0. The molecule has 1 N–H and O–H groups in total. The minimum absolute atomic E-state index is 0.0693. The molecule has 1 atom stereocenters. The highest BCUT2D eigenvalue weighted by atomic mass is 32.2.